The number of fused-ring (bicyclic) bond motifs is 3. The second-order valence-electron chi connectivity index (χ2n) is 6.70. The third-order valence-electron chi connectivity index (χ3n) is 4.78. The average Bonchev–Trinajstić information content (AvgIpc) is 2.91. The second kappa shape index (κ2) is 7.18. The molecule has 2 aromatic carbocycles. The normalized spacial score (nSPS) is 17.0. The van der Waals surface area contributed by atoms with Crippen molar-refractivity contribution in [3.05, 3.63) is 65.5 Å². The van der Waals surface area contributed by atoms with Gasteiger partial charge in [0.15, 0.2) is 0 Å². The maximum absolute atomic E-state index is 13.1. The van der Waals surface area contributed by atoms with Crippen molar-refractivity contribution in [2.24, 2.45) is 0 Å². The van der Waals surface area contributed by atoms with Gasteiger partial charge < -0.3 is 5.32 Å². The van der Waals surface area contributed by atoms with Gasteiger partial charge >= 0.3 is 6.03 Å². The Balaban J connectivity index is 1.83. The maximum atomic E-state index is 13.1. The first-order valence-corrected chi connectivity index (χ1v) is 9.33. The number of carbonyl (C=O) groups excluding carboxylic acids is 2. The molecular formula is C20H20ClN5O2. The van der Waals surface area contributed by atoms with E-state index in [2.05, 4.69) is 10.7 Å². The number of halogens is 1. The number of rotatable bonds is 4. The Morgan fingerprint density at radius 3 is 2.54 bits per heavy atom. The highest BCUT2D eigenvalue weighted by atomic mass is 35.5. The van der Waals surface area contributed by atoms with Gasteiger partial charge in [-0.2, -0.15) is 0 Å². The number of nitrogens with one attached hydrogen (secondary N) is 2. The zero-order chi connectivity index (χ0) is 19.8. The summed E-state index contributed by atoms with van der Waals surface area (Å²) in [5, 5.41) is 5.08. The molecule has 0 saturated carbocycles. The minimum atomic E-state index is -0.268. The summed E-state index contributed by atoms with van der Waals surface area (Å²) in [5.74, 6) is 0.149. The fourth-order valence-corrected chi connectivity index (χ4v) is 3.45. The highest BCUT2D eigenvalue weighted by Gasteiger charge is 2.40. The van der Waals surface area contributed by atoms with Crippen LogP contribution in [0.1, 0.15) is 6.92 Å². The van der Waals surface area contributed by atoms with Crippen LogP contribution in [0.15, 0.2) is 60.4 Å². The molecule has 0 bridgehead atoms. The van der Waals surface area contributed by atoms with Crippen LogP contribution in [-0.4, -0.2) is 36.6 Å². The number of hydrogen-bond donors (Lipinski definition) is 2. The number of hydrogen-bond acceptors (Lipinski definition) is 4. The van der Waals surface area contributed by atoms with Crippen LogP contribution in [0.3, 0.4) is 0 Å². The Kier molecular flexibility index (Phi) is 4.70. The van der Waals surface area contributed by atoms with E-state index in [-0.39, 0.29) is 18.0 Å². The average molecular weight is 398 g/mol. The highest BCUT2D eigenvalue weighted by Crippen LogP contribution is 2.41. The minimum absolute atomic E-state index is 0.0850. The quantitative estimate of drug-likeness (QED) is 0.831. The molecule has 2 heterocycles. The Hall–Kier alpha value is -3.03. The van der Waals surface area contributed by atoms with Crippen molar-refractivity contribution in [3.8, 4) is 0 Å². The summed E-state index contributed by atoms with van der Waals surface area (Å²) in [5.41, 5.74) is 4.89. The monoisotopic (exact) mass is 397 g/mol. The number of hydrazine groups is 1. The molecular weight excluding hydrogens is 378 g/mol. The van der Waals surface area contributed by atoms with Crippen LogP contribution < -0.4 is 20.5 Å². The third kappa shape index (κ3) is 3.08. The molecule has 8 heteroatoms. The molecule has 1 unspecified atom stereocenters. The fourth-order valence-electron chi connectivity index (χ4n) is 3.29. The molecule has 3 amide bonds. The van der Waals surface area contributed by atoms with Gasteiger partial charge in [-0.25, -0.2) is 14.7 Å². The first-order chi connectivity index (χ1) is 13.5. The molecule has 2 aromatic rings. The van der Waals surface area contributed by atoms with E-state index in [0.29, 0.717) is 34.5 Å². The highest BCUT2D eigenvalue weighted by molar-refractivity contribution is 6.31. The first kappa shape index (κ1) is 18.3. The van der Waals surface area contributed by atoms with Crippen molar-refractivity contribution >= 4 is 40.6 Å². The van der Waals surface area contributed by atoms with Crippen molar-refractivity contribution in [1.82, 2.24) is 15.8 Å². The predicted molar refractivity (Wildman–Crippen MR) is 109 cm³/mol. The SMILES string of the molecule is CNC(C)CN1NC2=CC(=O)N(c3ccccc3)c3cc(Cl)ccc3N2C1=O. The summed E-state index contributed by atoms with van der Waals surface area (Å²) in [6, 6.07) is 14.3. The summed E-state index contributed by atoms with van der Waals surface area (Å²) in [4.78, 5) is 29.3. The van der Waals surface area contributed by atoms with Crippen LogP contribution in [0.25, 0.3) is 0 Å². The zero-order valence-electron chi connectivity index (χ0n) is 15.5. The summed E-state index contributed by atoms with van der Waals surface area (Å²) in [7, 11) is 1.83. The smallest absolute Gasteiger partial charge is 0.315 e. The number of nitrogens with zero attached hydrogens (tertiary/aromatic N) is 3. The molecule has 1 saturated heterocycles. The third-order valence-corrected chi connectivity index (χ3v) is 5.01. The van der Waals surface area contributed by atoms with E-state index in [4.69, 9.17) is 11.6 Å². The summed E-state index contributed by atoms with van der Waals surface area (Å²) in [6.07, 6.45) is 1.43. The molecule has 2 aliphatic rings. The molecule has 4 rings (SSSR count). The van der Waals surface area contributed by atoms with Gasteiger partial charge in [0.1, 0.15) is 5.82 Å². The number of urea groups is 1. The molecule has 1 atom stereocenters. The first-order valence-electron chi connectivity index (χ1n) is 8.95. The summed E-state index contributed by atoms with van der Waals surface area (Å²) >= 11 is 6.23. The van der Waals surface area contributed by atoms with Crippen LogP contribution in [0.4, 0.5) is 21.9 Å². The van der Waals surface area contributed by atoms with Crippen LogP contribution in [0.2, 0.25) is 5.02 Å². The molecule has 2 aliphatic heterocycles. The molecule has 0 radical (unpaired) electrons. The lowest BCUT2D eigenvalue weighted by Gasteiger charge is -2.25. The standard InChI is InChI=1S/C20H20ClN5O2/c1-13(22-2)12-24-20(28)26-16-9-8-14(21)10-17(16)25(15-6-4-3-5-7-15)19(27)11-18(26)23-24/h3-11,13,22-23H,12H2,1-2H3. The van der Waals surface area contributed by atoms with Crippen molar-refractivity contribution in [2.45, 2.75) is 13.0 Å². The van der Waals surface area contributed by atoms with Crippen LogP contribution in [0, 0.1) is 0 Å². The van der Waals surface area contributed by atoms with Gasteiger partial charge in [-0.1, -0.05) is 29.8 Å². The van der Waals surface area contributed by atoms with E-state index >= 15 is 0 Å². The van der Waals surface area contributed by atoms with Crippen molar-refractivity contribution in [1.29, 1.82) is 0 Å². The lowest BCUT2D eigenvalue weighted by Crippen LogP contribution is -2.44. The van der Waals surface area contributed by atoms with E-state index in [1.165, 1.54) is 16.0 Å². The number of benzene rings is 2. The molecule has 2 N–H and O–H groups in total. The van der Waals surface area contributed by atoms with Crippen LogP contribution >= 0.6 is 11.6 Å². The molecule has 0 aliphatic carbocycles. The van der Waals surface area contributed by atoms with Gasteiger partial charge in [0, 0.05) is 22.8 Å². The largest absolute Gasteiger partial charge is 0.349 e. The molecule has 1 fully saturated rings. The van der Waals surface area contributed by atoms with E-state index < -0.39 is 0 Å². The van der Waals surface area contributed by atoms with E-state index in [1.807, 2.05) is 44.3 Å². The Morgan fingerprint density at radius 2 is 1.82 bits per heavy atom. The molecule has 0 spiro atoms. The summed E-state index contributed by atoms with van der Waals surface area (Å²) in [6.45, 7) is 2.42. The molecule has 7 nitrogen and oxygen atoms in total. The van der Waals surface area contributed by atoms with E-state index in [0.717, 1.165) is 0 Å². The van der Waals surface area contributed by atoms with Gasteiger partial charge in [-0.15, -0.1) is 0 Å². The molecule has 28 heavy (non-hydrogen) atoms. The number of para-hydroxylation sites is 1. The Bertz CT molecular complexity index is 962. The molecule has 144 valence electrons. The van der Waals surface area contributed by atoms with Gasteiger partial charge in [-0.3, -0.25) is 15.1 Å². The van der Waals surface area contributed by atoms with Gasteiger partial charge in [0.25, 0.3) is 5.91 Å². The number of likely N-dealkylation sites (N-methyl/N-ethyl adjacent to an activating group) is 1. The van der Waals surface area contributed by atoms with Crippen molar-refractivity contribution < 1.29 is 9.59 Å². The van der Waals surface area contributed by atoms with Crippen molar-refractivity contribution in [2.75, 3.05) is 23.4 Å². The molecule has 0 aromatic heterocycles. The fraction of sp³-hybridized carbons (Fsp3) is 0.200. The number of anilines is 3. The lowest BCUT2D eigenvalue weighted by atomic mass is 10.2. The second-order valence-corrected chi connectivity index (χ2v) is 7.14. The maximum Gasteiger partial charge on any atom is 0.349 e. The van der Waals surface area contributed by atoms with Crippen molar-refractivity contribution in [3.63, 3.8) is 0 Å². The topological polar surface area (TPSA) is 67.9 Å². The van der Waals surface area contributed by atoms with Gasteiger partial charge in [0.2, 0.25) is 0 Å². The lowest BCUT2D eigenvalue weighted by molar-refractivity contribution is -0.113. The number of carbonyl (C=O) groups is 2. The predicted octanol–water partition coefficient (Wildman–Crippen LogP) is 3.21. The van der Waals surface area contributed by atoms with Gasteiger partial charge in [0.05, 0.1) is 17.9 Å². The van der Waals surface area contributed by atoms with E-state index in [1.54, 1.807) is 23.1 Å². The zero-order valence-corrected chi connectivity index (χ0v) is 16.3. The minimum Gasteiger partial charge on any atom is -0.315 e. The van der Waals surface area contributed by atoms with E-state index in [9.17, 15) is 9.59 Å². The van der Waals surface area contributed by atoms with Crippen LogP contribution in [-0.2, 0) is 4.79 Å². The summed E-state index contributed by atoms with van der Waals surface area (Å²) < 4.78 is 0. The Labute approximate surface area is 168 Å². The van der Waals surface area contributed by atoms with Crippen LogP contribution in [0.5, 0.6) is 0 Å². The Morgan fingerprint density at radius 1 is 1.07 bits per heavy atom. The van der Waals surface area contributed by atoms with Gasteiger partial charge in [-0.05, 0) is 44.3 Å². The number of amides is 3.